The Morgan fingerprint density at radius 2 is 1.95 bits per heavy atom. The van der Waals surface area contributed by atoms with Crippen molar-refractivity contribution in [2.45, 2.75) is 57.2 Å². The van der Waals surface area contributed by atoms with Crippen LogP contribution in [-0.4, -0.2) is 23.3 Å². The predicted octanol–water partition coefficient (Wildman–Crippen LogP) is 3.10. The molecule has 5 rings (SSSR count). The fourth-order valence-corrected chi connectivity index (χ4v) is 5.75. The maximum Gasteiger partial charge on any atom is 0.172 e. The average Bonchev–Trinajstić information content (AvgIpc) is 3.10. The zero-order chi connectivity index (χ0) is 15.2. The molecule has 2 aliphatic carbocycles. The molecule has 0 unspecified atom stereocenters. The molecule has 0 amide bonds. The molecule has 2 heterocycles. The molecule has 0 aromatic heterocycles. The summed E-state index contributed by atoms with van der Waals surface area (Å²) in [7, 11) is 0. The molecule has 0 N–H and O–H groups in total. The summed E-state index contributed by atoms with van der Waals surface area (Å²) in [5, 5.41) is 0. The van der Waals surface area contributed by atoms with Gasteiger partial charge in [-0.25, -0.2) is 0 Å². The topological polar surface area (TPSA) is 43.4 Å². The van der Waals surface area contributed by atoms with Crippen LogP contribution in [0.15, 0.2) is 24.3 Å². The third kappa shape index (κ3) is 1.18. The molecule has 1 aromatic carbocycles. The maximum absolute atomic E-state index is 13.2. The molecule has 114 valence electrons. The molecule has 2 aliphatic heterocycles. The molecule has 3 nitrogen and oxygen atoms in total. The first-order chi connectivity index (χ1) is 10.5. The van der Waals surface area contributed by atoms with Crippen LogP contribution in [0.3, 0.4) is 0 Å². The van der Waals surface area contributed by atoms with Crippen molar-refractivity contribution in [2.24, 2.45) is 10.8 Å². The molecule has 0 radical (unpaired) electrons. The van der Waals surface area contributed by atoms with Gasteiger partial charge in [0.25, 0.3) is 0 Å². The minimum absolute atomic E-state index is 0.151. The van der Waals surface area contributed by atoms with Crippen molar-refractivity contribution in [3.8, 4) is 0 Å². The summed E-state index contributed by atoms with van der Waals surface area (Å²) in [6.45, 7) is 2.07. The Morgan fingerprint density at radius 3 is 2.82 bits per heavy atom. The van der Waals surface area contributed by atoms with Crippen LogP contribution in [-0.2, 0) is 16.0 Å². The van der Waals surface area contributed by atoms with Crippen LogP contribution in [0.2, 0.25) is 0 Å². The first-order valence-corrected chi connectivity index (χ1v) is 8.37. The lowest BCUT2D eigenvalue weighted by Crippen LogP contribution is -2.55. The molecule has 2 spiro atoms. The zero-order valence-electron chi connectivity index (χ0n) is 12.9. The lowest BCUT2D eigenvalue weighted by Gasteiger charge is -2.43. The second-order valence-corrected chi connectivity index (χ2v) is 7.86. The molecule has 3 heteroatoms. The van der Waals surface area contributed by atoms with Crippen LogP contribution in [0.1, 0.15) is 54.9 Å². The Balaban J connectivity index is 1.64. The highest BCUT2D eigenvalue weighted by atomic mass is 16.5. The largest absolute Gasteiger partial charge is 0.362 e. The van der Waals surface area contributed by atoms with Gasteiger partial charge in [0.15, 0.2) is 11.6 Å². The normalized spacial score (nSPS) is 45.4. The summed E-state index contributed by atoms with van der Waals surface area (Å²) in [5.41, 5.74) is 0.639. The quantitative estimate of drug-likeness (QED) is 0.739. The molecular formula is C19H20O3. The monoisotopic (exact) mass is 296 g/mol. The Bertz CT molecular complexity index is 723. The van der Waals surface area contributed by atoms with Crippen LogP contribution in [0, 0.1) is 10.8 Å². The van der Waals surface area contributed by atoms with Crippen molar-refractivity contribution in [2.75, 3.05) is 0 Å². The van der Waals surface area contributed by atoms with Gasteiger partial charge in [-0.2, -0.15) is 0 Å². The highest BCUT2D eigenvalue weighted by Gasteiger charge is 2.77. The first kappa shape index (κ1) is 13.0. The van der Waals surface area contributed by atoms with Crippen LogP contribution in [0.25, 0.3) is 0 Å². The predicted molar refractivity (Wildman–Crippen MR) is 80.7 cm³/mol. The van der Waals surface area contributed by atoms with E-state index in [1.807, 2.05) is 24.3 Å². The van der Waals surface area contributed by atoms with Gasteiger partial charge >= 0.3 is 0 Å². The number of carbonyl (C=O) groups excluding carboxylic acids is 2. The third-order valence-electron chi connectivity index (χ3n) is 7.05. The highest BCUT2D eigenvalue weighted by molar-refractivity contribution is 6.09. The number of Topliss-reactive ketones (excluding diaryl/α,β-unsaturated/α-hetero) is 2. The fraction of sp³-hybridized carbons (Fsp3) is 0.579. The van der Waals surface area contributed by atoms with E-state index < -0.39 is 11.5 Å². The van der Waals surface area contributed by atoms with Crippen molar-refractivity contribution >= 4 is 11.6 Å². The van der Waals surface area contributed by atoms with E-state index in [4.69, 9.17) is 4.74 Å². The summed E-state index contributed by atoms with van der Waals surface area (Å²) in [6.07, 6.45) is 4.78. The van der Waals surface area contributed by atoms with Crippen LogP contribution >= 0.6 is 0 Å². The number of ketones is 2. The van der Waals surface area contributed by atoms with Gasteiger partial charge in [-0.3, -0.25) is 9.59 Å². The Labute approximate surface area is 130 Å². The lowest BCUT2D eigenvalue weighted by molar-refractivity contribution is -0.132. The van der Waals surface area contributed by atoms with Crippen LogP contribution in [0.4, 0.5) is 0 Å². The molecule has 22 heavy (non-hydrogen) atoms. The van der Waals surface area contributed by atoms with E-state index in [0.29, 0.717) is 0 Å². The van der Waals surface area contributed by atoms with Gasteiger partial charge in [0.05, 0.1) is 16.4 Å². The molecule has 4 aliphatic rings. The average molecular weight is 296 g/mol. The van der Waals surface area contributed by atoms with Crippen molar-refractivity contribution in [1.82, 2.24) is 0 Å². The van der Waals surface area contributed by atoms with Gasteiger partial charge in [-0.1, -0.05) is 24.3 Å². The minimum atomic E-state index is -0.588. The van der Waals surface area contributed by atoms with Crippen molar-refractivity contribution in [1.29, 1.82) is 0 Å². The number of fused-ring (bicyclic) bond motifs is 3. The van der Waals surface area contributed by atoms with Gasteiger partial charge < -0.3 is 4.74 Å². The van der Waals surface area contributed by atoms with E-state index in [9.17, 15) is 9.59 Å². The van der Waals surface area contributed by atoms with Crippen molar-refractivity contribution in [3.05, 3.63) is 35.4 Å². The summed E-state index contributed by atoms with van der Waals surface area (Å²) >= 11 is 0. The van der Waals surface area contributed by atoms with E-state index in [0.717, 1.165) is 49.7 Å². The van der Waals surface area contributed by atoms with Gasteiger partial charge in [0.2, 0.25) is 0 Å². The molecule has 2 saturated heterocycles. The smallest absolute Gasteiger partial charge is 0.172 e. The van der Waals surface area contributed by atoms with E-state index in [2.05, 4.69) is 6.92 Å². The number of rotatable bonds is 0. The first-order valence-electron chi connectivity index (χ1n) is 8.37. The highest BCUT2D eigenvalue weighted by Crippen LogP contribution is 2.68. The van der Waals surface area contributed by atoms with Crippen molar-refractivity contribution in [3.63, 3.8) is 0 Å². The third-order valence-corrected chi connectivity index (χ3v) is 7.05. The standard InChI is InChI=1S/C19H20O3/c1-17-8-4-9-19(17)11-18(16(22-19)15(17)21)10-7-12-5-2-3-6-13(12)14(18)20/h2-3,5-6,16H,4,7-11H2,1H3/t16-,17+,18-,19-/m1/s1. The number of carbonyl (C=O) groups is 2. The van der Waals surface area contributed by atoms with Crippen LogP contribution in [0.5, 0.6) is 0 Å². The summed E-state index contributed by atoms with van der Waals surface area (Å²) in [6, 6.07) is 7.86. The summed E-state index contributed by atoms with van der Waals surface area (Å²) < 4.78 is 6.31. The van der Waals surface area contributed by atoms with Gasteiger partial charge in [-0.05, 0) is 51.0 Å². The molecule has 4 atom stereocenters. The van der Waals surface area contributed by atoms with E-state index in [1.165, 1.54) is 0 Å². The van der Waals surface area contributed by atoms with Gasteiger partial charge in [0.1, 0.15) is 6.10 Å². The number of benzene rings is 1. The lowest BCUT2D eigenvalue weighted by atomic mass is 9.54. The summed E-state index contributed by atoms with van der Waals surface area (Å²) in [5.74, 6) is 0.350. The Morgan fingerprint density at radius 1 is 1.14 bits per heavy atom. The molecule has 3 fully saturated rings. The second-order valence-electron chi connectivity index (χ2n) is 7.86. The van der Waals surface area contributed by atoms with E-state index >= 15 is 0 Å². The second kappa shape index (κ2) is 3.70. The van der Waals surface area contributed by atoms with Gasteiger partial charge in [0, 0.05) is 5.56 Å². The maximum atomic E-state index is 13.2. The van der Waals surface area contributed by atoms with E-state index in [1.54, 1.807) is 0 Å². The molecular weight excluding hydrogens is 276 g/mol. The summed E-state index contributed by atoms with van der Waals surface area (Å²) in [4.78, 5) is 26.3. The van der Waals surface area contributed by atoms with Crippen molar-refractivity contribution < 1.29 is 14.3 Å². The Kier molecular flexibility index (Phi) is 2.19. The number of hydrogen-bond acceptors (Lipinski definition) is 3. The molecule has 1 saturated carbocycles. The van der Waals surface area contributed by atoms with Crippen LogP contribution < -0.4 is 0 Å². The minimum Gasteiger partial charge on any atom is -0.362 e. The van der Waals surface area contributed by atoms with E-state index in [-0.39, 0.29) is 22.6 Å². The fourth-order valence-electron chi connectivity index (χ4n) is 5.75. The Hall–Kier alpha value is -1.48. The van der Waals surface area contributed by atoms with Gasteiger partial charge in [-0.15, -0.1) is 0 Å². The molecule has 1 aromatic rings. The number of hydrogen-bond donors (Lipinski definition) is 0. The number of ether oxygens (including phenoxy) is 1. The molecule has 2 bridgehead atoms. The zero-order valence-corrected chi connectivity index (χ0v) is 12.9. The number of aryl methyl sites for hydroxylation is 1. The SMILES string of the molecule is C[C@@]12CCC[C@@]13C[C@@]1(CCc4ccccc4C1=O)[C@H](O3)C2=O.